The molecule has 0 spiro atoms. The Bertz CT molecular complexity index is 545. The summed E-state index contributed by atoms with van der Waals surface area (Å²) in [5.41, 5.74) is -1.61. The summed E-state index contributed by atoms with van der Waals surface area (Å²) in [4.78, 5) is 2.95. The Hall–Kier alpha value is -1.34. The lowest BCUT2D eigenvalue weighted by molar-refractivity contribution is 0.00578. The second-order valence-corrected chi connectivity index (χ2v) is 5.61. The molecule has 20 heavy (non-hydrogen) atoms. The fraction of sp³-hybridized carbons (Fsp3) is 0.462. The van der Waals surface area contributed by atoms with Crippen molar-refractivity contribution in [1.29, 1.82) is 0 Å². The molecule has 1 aliphatic heterocycles. The molecule has 1 saturated heterocycles. The molecule has 0 unspecified atom stereocenters. The normalized spacial score (nSPS) is 20.9. The van der Waals surface area contributed by atoms with E-state index >= 15 is 0 Å². The van der Waals surface area contributed by atoms with Gasteiger partial charge < -0.3 is 9.31 Å². The van der Waals surface area contributed by atoms with Crippen LogP contribution in [0.5, 0.6) is 0 Å². The lowest BCUT2D eigenvalue weighted by Gasteiger charge is -2.32. The maximum Gasteiger partial charge on any atom is 0.487 e. The minimum atomic E-state index is -1.35. The van der Waals surface area contributed by atoms with E-state index in [1.165, 1.54) is 5.98 Å². The average molecular weight is 285 g/mol. The van der Waals surface area contributed by atoms with Gasteiger partial charge in [0.1, 0.15) is 0 Å². The number of aromatic nitrogens is 1. The van der Waals surface area contributed by atoms with Gasteiger partial charge >= 0.3 is 7.12 Å². The number of hydrogen-bond donors (Lipinski definition) is 0. The second kappa shape index (κ2) is 4.89. The van der Waals surface area contributed by atoms with E-state index < -0.39 is 41.5 Å². The van der Waals surface area contributed by atoms with Crippen LogP contribution in [0.25, 0.3) is 6.08 Å². The third-order valence-corrected chi connectivity index (χ3v) is 3.66. The quantitative estimate of drug-likeness (QED) is 0.618. The summed E-state index contributed by atoms with van der Waals surface area (Å²) in [7, 11) is -0.755. The minimum absolute atomic E-state index is 0.507. The number of pyridine rings is 1. The van der Waals surface area contributed by atoms with Crippen LogP contribution in [0.15, 0.2) is 12.2 Å². The standard InChI is InChI=1S/C13H15BF3NO2/c1-12(2)13(3,4)20-14(19-12)6-5-8-9(15)7-18-11(17)10(8)16/h5-7H,1-4H3/b6-5+. The van der Waals surface area contributed by atoms with Gasteiger partial charge in [0.05, 0.1) is 23.0 Å². The summed E-state index contributed by atoms with van der Waals surface area (Å²) in [5.74, 6) is -2.29. The van der Waals surface area contributed by atoms with Crippen molar-refractivity contribution in [2.75, 3.05) is 0 Å². The molecule has 1 aromatic rings. The smallest absolute Gasteiger partial charge is 0.400 e. The zero-order valence-electron chi connectivity index (χ0n) is 11.7. The summed E-state index contributed by atoms with van der Waals surface area (Å²) in [6, 6.07) is 0. The summed E-state index contributed by atoms with van der Waals surface area (Å²) < 4.78 is 51.1. The van der Waals surface area contributed by atoms with Crippen molar-refractivity contribution in [3.05, 3.63) is 35.3 Å². The zero-order chi connectivity index (χ0) is 15.1. The van der Waals surface area contributed by atoms with Crippen LogP contribution in [0.3, 0.4) is 0 Å². The number of hydrogen-bond acceptors (Lipinski definition) is 3. The Morgan fingerprint density at radius 1 is 1.10 bits per heavy atom. The van der Waals surface area contributed by atoms with Crippen LogP contribution >= 0.6 is 0 Å². The van der Waals surface area contributed by atoms with Crippen LogP contribution in [-0.4, -0.2) is 23.3 Å². The summed E-state index contributed by atoms with van der Waals surface area (Å²) in [5, 5.41) is 0. The lowest BCUT2D eigenvalue weighted by Crippen LogP contribution is -2.41. The van der Waals surface area contributed by atoms with Crippen molar-refractivity contribution in [3.63, 3.8) is 0 Å². The van der Waals surface area contributed by atoms with E-state index in [-0.39, 0.29) is 0 Å². The summed E-state index contributed by atoms with van der Waals surface area (Å²) >= 11 is 0. The van der Waals surface area contributed by atoms with Crippen molar-refractivity contribution in [1.82, 2.24) is 4.98 Å². The lowest BCUT2D eigenvalue weighted by atomic mass is 9.89. The van der Waals surface area contributed by atoms with Crippen molar-refractivity contribution >= 4 is 13.2 Å². The third kappa shape index (κ3) is 2.60. The van der Waals surface area contributed by atoms with Gasteiger partial charge in [0, 0.05) is 0 Å². The highest BCUT2D eigenvalue weighted by atomic mass is 19.2. The van der Waals surface area contributed by atoms with E-state index in [9.17, 15) is 13.2 Å². The van der Waals surface area contributed by atoms with Crippen LogP contribution in [-0.2, 0) is 9.31 Å². The number of nitrogens with zero attached hydrogens (tertiary/aromatic N) is 1. The molecule has 0 N–H and O–H groups in total. The van der Waals surface area contributed by atoms with Crippen LogP contribution in [0.2, 0.25) is 0 Å². The molecule has 1 aliphatic rings. The van der Waals surface area contributed by atoms with Gasteiger partial charge in [-0.2, -0.15) is 4.39 Å². The maximum absolute atomic E-state index is 13.4. The van der Waals surface area contributed by atoms with E-state index in [0.29, 0.717) is 6.20 Å². The molecule has 108 valence electrons. The molecule has 0 aliphatic carbocycles. The molecule has 7 heteroatoms. The highest BCUT2D eigenvalue weighted by Gasteiger charge is 2.50. The van der Waals surface area contributed by atoms with E-state index in [1.807, 2.05) is 27.7 Å². The molecule has 0 bridgehead atoms. The molecular formula is C13H15BF3NO2. The SMILES string of the molecule is CC1(C)OB(/C=C/c2c(F)cnc(F)c2F)OC1(C)C. The second-order valence-electron chi connectivity index (χ2n) is 5.61. The molecule has 0 radical (unpaired) electrons. The third-order valence-electron chi connectivity index (χ3n) is 3.66. The van der Waals surface area contributed by atoms with Gasteiger partial charge in [0.2, 0.25) is 5.95 Å². The van der Waals surface area contributed by atoms with Crippen LogP contribution < -0.4 is 0 Å². The predicted molar refractivity (Wildman–Crippen MR) is 69.2 cm³/mol. The van der Waals surface area contributed by atoms with Gasteiger partial charge in [-0.05, 0) is 27.7 Å². The molecule has 1 aromatic heterocycles. The van der Waals surface area contributed by atoms with Crippen molar-refractivity contribution < 1.29 is 22.5 Å². The van der Waals surface area contributed by atoms with Crippen molar-refractivity contribution in [2.45, 2.75) is 38.9 Å². The fourth-order valence-corrected chi connectivity index (χ4v) is 1.75. The van der Waals surface area contributed by atoms with Crippen molar-refractivity contribution in [3.8, 4) is 0 Å². The average Bonchev–Trinajstić information content (AvgIpc) is 2.53. The molecule has 2 heterocycles. The number of halogens is 3. The molecule has 1 fully saturated rings. The van der Waals surface area contributed by atoms with Gasteiger partial charge in [-0.25, -0.2) is 13.8 Å². The molecule has 0 saturated carbocycles. The first-order valence-electron chi connectivity index (χ1n) is 6.17. The molecule has 0 aromatic carbocycles. The first kappa shape index (κ1) is 15.1. The largest absolute Gasteiger partial charge is 0.487 e. The van der Waals surface area contributed by atoms with Gasteiger partial charge in [-0.1, -0.05) is 12.1 Å². The Labute approximate surface area is 115 Å². The summed E-state index contributed by atoms with van der Waals surface area (Å²) in [6.07, 6.45) is 1.72. The monoisotopic (exact) mass is 285 g/mol. The Morgan fingerprint density at radius 3 is 2.20 bits per heavy atom. The molecular weight excluding hydrogens is 270 g/mol. The first-order valence-corrected chi connectivity index (χ1v) is 6.17. The Balaban J connectivity index is 2.22. The highest BCUT2D eigenvalue weighted by Crippen LogP contribution is 2.37. The van der Waals surface area contributed by atoms with Gasteiger partial charge in [0.15, 0.2) is 11.6 Å². The maximum atomic E-state index is 13.4. The van der Waals surface area contributed by atoms with E-state index in [2.05, 4.69) is 4.98 Å². The van der Waals surface area contributed by atoms with Crippen LogP contribution in [0.1, 0.15) is 33.3 Å². The van der Waals surface area contributed by atoms with Gasteiger partial charge in [-0.15, -0.1) is 0 Å². The predicted octanol–water partition coefficient (Wildman–Crippen LogP) is 3.14. The minimum Gasteiger partial charge on any atom is -0.400 e. The van der Waals surface area contributed by atoms with Crippen LogP contribution in [0.4, 0.5) is 13.2 Å². The molecule has 0 atom stereocenters. The van der Waals surface area contributed by atoms with E-state index in [1.54, 1.807) is 0 Å². The molecule has 0 amide bonds. The summed E-state index contributed by atoms with van der Waals surface area (Å²) in [6.45, 7) is 7.42. The number of rotatable bonds is 2. The van der Waals surface area contributed by atoms with Crippen molar-refractivity contribution in [2.24, 2.45) is 0 Å². The first-order chi connectivity index (χ1) is 9.14. The van der Waals surface area contributed by atoms with E-state index in [0.717, 1.165) is 6.08 Å². The zero-order valence-corrected chi connectivity index (χ0v) is 11.7. The Morgan fingerprint density at radius 2 is 1.65 bits per heavy atom. The van der Waals surface area contributed by atoms with E-state index in [4.69, 9.17) is 9.31 Å². The highest BCUT2D eigenvalue weighted by molar-refractivity contribution is 6.52. The van der Waals surface area contributed by atoms with Gasteiger partial charge in [0.25, 0.3) is 0 Å². The molecule has 3 nitrogen and oxygen atoms in total. The topological polar surface area (TPSA) is 31.4 Å². The van der Waals surface area contributed by atoms with Crippen LogP contribution in [0, 0.1) is 17.6 Å². The molecule has 2 rings (SSSR count). The van der Waals surface area contributed by atoms with Gasteiger partial charge in [-0.3, -0.25) is 0 Å². The Kier molecular flexibility index (Phi) is 3.68. The fourth-order valence-electron chi connectivity index (χ4n) is 1.75.